The minimum absolute atomic E-state index is 0.0314. The van der Waals surface area contributed by atoms with Gasteiger partial charge in [-0.25, -0.2) is 0 Å². The van der Waals surface area contributed by atoms with Crippen LogP contribution in [0.15, 0.2) is 60.7 Å². The molecule has 0 bridgehead atoms. The smallest absolute Gasteiger partial charge is 0.295 e. The molecule has 1 heterocycles. The lowest BCUT2D eigenvalue weighted by atomic mass is 10.1. The Morgan fingerprint density at radius 3 is 2.17 bits per heavy atom. The van der Waals surface area contributed by atoms with Gasteiger partial charge in [-0.2, -0.15) is 0 Å². The summed E-state index contributed by atoms with van der Waals surface area (Å²) in [5, 5.41) is 14.4. The first kappa shape index (κ1) is 34.6. The quantitative estimate of drug-likeness (QED) is 0.1000. The summed E-state index contributed by atoms with van der Waals surface area (Å²) in [5.74, 6) is -1.22. The third-order valence-corrected chi connectivity index (χ3v) is 8.15. The Labute approximate surface area is 275 Å². The molecule has 14 heteroatoms. The van der Waals surface area contributed by atoms with E-state index in [4.69, 9.17) is 18.9 Å². The fourth-order valence-corrected chi connectivity index (χ4v) is 5.63. The van der Waals surface area contributed by atoms with Gasteiger partial charge in [-0.15, -0.1) is 0 Å². The number of Topliss-reactive ketones (excluding diaryl/α,β-unsaturated/α-hetero) is 1. The van der Waals surface area contributed by atoms with Gasteiger partial charge in [0.2, 0.25) is 16.8 Å². The monoisotopic (exact) mass is 665 g/mol. The van der Waals surface area contributed by atoms with Crippen LogP contribution in [0.1, 0.15) is 33.6 Å². The largest absolute Gasteiger partial charge is 0.508 e. The van der Waals surface area contributed by atoms with Crippen LogP contribution in [-0.2, 0) is 14.4 Å². The number of nitrogens with one attached hydrogen (secondary N) is 2. The molecule has 3 aromatic carbocycles. The van der Waals surface area contributed by atoms with Crippen molar-refractivity contribution in [2.45, 2.75) is 18.9 Å². The number of aromatic hydroxyl groups is 1. The Morgan fingerprint density at radius 2 is 1.55 bits per heavy atom. The summed E-state index contributed by atoms with van der Waals surface area (Å²) in [6, 6.07) is 14.5. The molecule has 0 spiro atoms. The number of nitrogens with zero attached hydrogens (tertiary/aromatic N) is 1. The summed E-state index contributed by atoms with van der Waals surface area (Å²) in [5.41, 5.74) is 0.984. The van der Waals surface area contributed by atoms with Crippen LogP contribution in [0.2, 0.25) is 0 Å². The Morgan fingerprint density at radius 1 is 0.894 bits per heavy atom. The van der Waals surface area contributed by atoms with Crippen LogP contribution < -0.4 is 29.6 Å². The second kappa shape index (κ2) is 16.4. The van der Waals surface area contributed by atoms with Crippen LogP contribution in [0.4, 0.5) is 5.69 Å². The number of benzene rings is 3. The van der Waals surface area contributed by atoms with Gasteiger partial charge in [0.05, 0.1) is 33.6 Å². The fourth-order valence-electron chi connectivity index (χ4n) is 4.81. The van der Waals surface area contributed by atoms with E-state index in [-0.39, 0.29) is 65.0 Å². The van der Waals surface area contributed by atoms with Gasteiger partial charge in [0, 0.05) is 23.4 Å². The first-order chi connectivity index (χ1) is 22.6. The maximum absolute atomic E-state index is 13.2. The summed E-state index contributed by atoms with van der Waals surface area (Å²) < 4.78 is 21.4. The van der Waals surface area contributed by atoms with Crippen molar-refractivity contribution < 1.29 is 48.0 Å². The van der Waals surface area contributed by atoms with Crippen LogP contribution in [0, 0.1) is 0 Å². The molecule has 3 N–H and O–H groups in total. The van der Waals surface area contributed by atoms with Gasteiger partial charge in [0.25, 0.3) is 17.6 Å². The number of ketones is 1. The lowest BCUT2D eigenvalue weighted by Crippen LogP contribution is -2.43. The van der Waals surface area contributed by atoms with E-state index in [0.717, 1.165) is 11.8 Å². The van der Waals surface area contributed by atoms with Gasteiger partial charge in [-0.05, 0) is 73.5 Å². The number of rotatable bonds is 14. The Kier molecular flexibility index (Phi) is 12.1. The molecule has 1 fully saturated rings. The number of methoxy groups -OCH3 is 3. The molecule has 0 aromatic heterocycles. The molecule has 0 saturated carbocycles. The minimum Gasteiger partial charge on any atom is -0.508 e. The number of likely N-dealkylation sites (tertiary alicyclic amines) is 1. The summed E-state index contributed by atoms with van der Waals surface area (Å²) in [7, 11) is 4.21. The Hall–Kier alpha value is -5.24. The molecule has 248 valence electrons. The highest BCUT2D eigenvalue weighted by Crippen LogP contribution is 2.38. The topological polar surface area (TPSA) is 170 Å². The van der Waals surface area contributed by atoms with E-state index in [9.17, 15) is 29.1 Å². The van der Waals surface area contributed by atoms with Crippen LogP contribution in [0.25, 0.3) is 0 Å². The summed E-state index contributed by atoms with van der Waals surface area (Å²) in [6.45, 7) is 0.560. The zero-order valence-electron chi connectivity index (χ0n) is 26.1. The lowest BCUT2D eigenvalue weighted by Gasteiger charge is -2.23. The molecule has 47 heavy (non-hydrogen) atoms. The minimum atomic E-state index is -0.833. The summed E-state index contributed by atoms with van der Waals surface area (Å²) >= 11 is 0.784. The van der Waals surface area contributed by atoms with Gasteiger partial charge in [-0.1, -0.05) is 11.8 Å². The highest BCUT2D eigenvalue weighted by Gasteiger charge is 2.37. The molecule has 0 unspecified atom stereocenters. The second-order valence-electron chi connectivity index (χ2n) is 10.2. The van der Waals surface area contributed by atoms with Crippen LogP contribution in [0.5, 0.6) is 28.7 Å². The van der Waals surface area contributed by atoms with Crippen molar-refractivity contribution in [3.8, 4) is 28.7 Å². The fraction of sp³-hybridized carbons (Fsp3) is 0.303. The predicted molar refractivity (Wildman–Crippen MR) is 174 cm³/mol. The third-order valence-electron chi connectivity index (χ3n) is 7.19. The van der Waals surface area contributed by atoms with Gasteiger partial charge in [-0.3, -0.25) is 24.0 Å². The van der Waals surface area contributed by atoms with Crippen LogP contribution in [-0.4, -0.2) is 91.4 Å². The number of hydrogen-bond donors (Lipinski definition) is 3. The second-order valence-corrected chi connectivity index (χ2v) is 11.2. The van der Waals surface area contributed by atoms with E-state index in [1.54, 1.807) is 36.4 Å². The average Bonchev–Trinajstić information content (AvgIpc) is 3.59. The van der Waals surface area contributed by atoms with E-state index < -0.39 is 23.6 Å². The number of hydrogen-bond acceptors (Lipinski definition) is 11. The average molecular weight is 666 g/mol. The number of carbonyl (C=O) groups is 5. The van der Waals surface area contributed by atoms with Gasteiger partial charge >= 0.3 is 0 Å². The molecule has 0 radical (unpaired) electrons. The molecule has 1 atom stereocenters. The van der Waals surface area contributed by atoms with Crippen molar-refractivity contribution in [1.82, 2.24) is 10.2 Å². The maximum atomic E-state index is 13.2. The molecule has 1 aliphatic heterocycles. The third kappa shape index (κ3) is 8.94. The van der Waals surface area contributed by atoms with Crippen LogP contribution in [0.3, 0.4) is 0 Å². The van der Waals surface area contributed by atoms with Crippen molar-refractivity contribution in [3.63, 3.8) is 0 Å². The van der Waals surface area contributed by atoms with E-state index >= 15 is 0 Å². The number of thioether (sulfide) groups is 1. The highest BCUT2D eigenvalue weighted by atomic mass is 32.2. The van der Waals surface area contributed by atoms with Gasteiger partial charge < -0.3 is 39.6 Å². The Balaban J connectivity index is 1.20. The molecule has 1 aliphatic rings. The molecule has 4 rings (SSSR count). The van der Waals surface area contributed by atoms with E-state index in [0.29, 0.717) is 29.8 Å². The number of ether oxygens (including phenoxy) is 4. The van der Waals surface area contributed by atoms with Gasteiger partial charge in [0.1, 0.15) is 24.1 Å². The zero-order chi connectivity index (χ0) is 33.9. The zero-order valence-corrected chi connectivity index (χ0v) is 26.9. The Bertz CT molecular complexity index is 1590. The van der Waals surface area contributed by atoms with Crippen molar-refractivity contribution in [2.75, 3.05) is 52.1 Å². The van der Waals surface area contributed by atoms with Gasteiger partial charge in [0.15, 0.2) is 11.5 Å². The normalized spacial score (nSPS) is 13.8. The first-order valence-corrected chi connectivity index (χ1v) is 15.6. The molecular weight excluding hydrogens is 630 g/mol. The van der Waals surface area contributed by atoms with Crippen LogP contribution >= 0.6 is 11.8 Å². The molecule has 13 nitrogen and oxygen atoms in total. The van der Waals surface area contributed by atoms with Crippen molar-refractivity contribution in [2.24, 2.45) is 0 Å². The van der Waals surface area contributed by atoms with E-state index in [2.05, 4.69) is 10.6 Å². The molecule has 3 aromatic rings. The molecule has 0 aliphatic carbocycles. The molecular formula is C33H35N3O10S. The molecule has 1 saturated heterocycles. The van der Waals surface area contributed by atoms with Crippen molar-refractivity contribution in [1.29, 1.82) is 0 Å². The number of amides is 3. The number of carbonyl (C=O) groups excluding carboxylic acids is 5. The first-order valence-electron chi connectivity index (χ1n) is 14.6. The lowest BCUT2D eigenvalue weighted by molar-refractivity contribution is -0.131. The van der Waals surface area contributed by atoms with E-state index in [1.807, 2.05) is 0 Å². The maximum Gasteiger partial charge on any atom is 0.295 e. The summed E-state index contributed by atoms with van der Waals surface area (Å²) in [6.07, 6.45) is 0.922. The number of phenolic OH excluding ortho intramolecular Hbond substituents is 1. The number of anilines is 1. The highest BCUT2D eigenvalue weighted by molar-refractivity contribution is 8.14. The standard InChI is InChI=1S/C33H35N3O10S/c1-43-26-17-21(18-27(44-2)30(26)45-3)29(39)32(41)36-15-4-5-25(36)33(42)47-19-28(38)34-14-16-46-24-12-6-20(7-13-24)31(40)35-22-8-10-23(37)11-9-22/h6-13,17-18,25,37H,4-5,14-16,19H2,1-3H3,(H,34,38)(H,35,40)/t25-/m0/s1. The molecule has 3 amide bonds. The predicted octanol–water partition coefficient (Wildman–Crippen LogP) is 3.30. The van der Waals surface area contributed by atoms with E-state index in [1.165, 1.54) is 50.5 Å². The SMILES string of the molecule is COc1cc(C(=O)C(=O)N2CCC[C@H]2C(=O)SCC(=O)NCCOc2ccc(C(=O)Nc3ccc(O)cc3)cc2)cc(OC)c1OC. The van der Waals surface area contributed by atoms with Crippen molar-refractivity contribution in [3.05, 3.63) is 71.8 Å². The summed E-state index contributed by atoms with van der Waals surface area (Å²) in [4.78, 5) is 65.3. The van der Waals surface area contributed by atoms with Crippen molar-refractivity contribution >= 4 is 46.1 Å². The number of phenols is 1.